The van der Waals surface area contributed by atoms with Gasteiger partial charge in [0.1, 0.15) is 5.75 Å². The van der Waals surface area contributed by atoms with Crippen LogP contribution in [-0.2, 0) is 9.59 Å². The third-order valence-electron chi connectivity index (χ3n) is 6.78. The van der Waals surface area contributed by atoms with Gasteiger partial charge < -0.3 is 9.64 Å². The number of ketones is 2. The highest BCUT2D eigenvalue weighted by atomic mass is 16.5. The molecule has 164 valence electrons. The van der Waals surface area contributed by atoms with E-state index in [4.69, 9.17) is 4.74 Å². The number of nitrogens with zero attached hydrogens (tertiary/aromatic N) is 1. The molecule has 1 aromatic carbocycles. The molecule has 0 aromatic heterocycles. The van der Waals surface area contributed by atoms with E-state index in [1.807, 2.05) is 30.3 Å². The lowest BCUT2D eigenvalue weighted by molar-refractivity contribution is -0.119. The third-order valence-corrected chi connectivity index (χ3v) is 6.78. The van der Waals surface area contributed by atoms with Crippen molar-refractivity contribution >= 4 is 11.6 Å². The van der Waals surface area contributed by atoms with Gasteiger partial charge in [0.25, 0.3) is 0 Å². The summed E-state index contributed by atoms with van der Waals surface area (Å²) in [6.07, 6.45) is 4.52. The summed E-state index contributed by atoms with van der Waals surface area (Å²) in [6.45, 7) is 13.2. The topological polar surface area (TPSA) is 46.6 Å². The molecule has 0 saturated carbocycles. The minimum Gasteiger partial charge on any atom is -0.497 e. The van der Waals surface area contributed by atoms with Gasteiger partial charge >= 0.3 is 0 Å². The summed E-state index contributed by atoms with van der Waals surface area (Å²) in [4.78, 5) is 29.3. The highest BCUT2D eigenvalue weighted by Crippen LogP contribution is 2.54. The summed E-state index contributed by atoms with van der Waals surface area (Å²) in [5, 5.41) is 0. The molecule has 1 heterocycles. The molecule has 0 spiro atoms. The van der Waals surface area contributed by atoms with Crippen LogP contribution in [0.1, 0.15) is 64.9 Å². The fourth-order valence-electron chi connectivity index (χ4n) is 5.53. The first-order chi connectivity index (χ1) is 14.6. The molecule has 0 bridgehead atoms. The third kappa shape index (κ3) is 3.77. The normalized spacial score (nSPS) is 22.9. The Balaban J connectivity index is 1.97. The fourth-order valence-corrected chi connectivity index (χ4v) is 5.53. The highest BCUT2D eigenvalue weighted by Gasteiger charge is 2.48. The van der Waals surface area contributed by atoms with E-state index in [1.165, 1.54) is 0 Å². The second-order valence-electron chi connectivity index (χ2n) is 10.7. The molecule has 0 N–H and O–H groups in total. The summed E-state index contributed by atoms with van der Waals surface area (Å²) in [7, 11) is 1.64. The Morgan fingerprint density at radius 2 is 1.42 bits per heavy atom. The average molecular weight is 420 g/mol. The predicted molar refractivity (Wildman–Crippen MR) is 123 cm³/mol. The lowest BCUT2D eigenvalue weighted by Gasteiger charge is -2.48. The molecule has 1 aromatic rings. The molecular weight excluding hydrogens is 386 g/mol. The number of carbonyl (C=O) groups is 2. The van der Waals surface area contributed by atoms with Gasteiger partial charge in [0.15, 0.2) is 11.6 Å². The zero-order chi connectivity index (χ0) is 22.6. The van der Waals surface area contributed by atoms with E-state index in [2.05, 4.69) is 39.2 Å². The number of hydrogen-bond acceptors (Lipinski definition) is 4. The maximum absolute atomic E-state index is 13.5. The minimum atomic E-state index is -0.302. The van der Waals surface area contributed by atoms with E-state index < -0.39 is 0 Å². The van der Waals surface area contributed by atoms with Crippen molar-refractivity contribution in [2.45, 2.75) is 59.3 Å². The van der Waals surface area contributed by atoms with Gasteiger partial charge in [-0.05, 0) is 41.4 Å². The molecule has 0 fully saturated rings. The monoisotopic (exact) mass is 419 g/mol. The maximum Gasteiger partial charge on any atom is 0.162 e. The predicted octanol–water partition coefficient (Wildman–Crippen LogP) is 5.57. The van der Waals surface area contributed by atoms with E-state index in [0.29, 0.717) is 19.4 Å². The van der Waals surface area contributed by atoms with Crippen LogP contribution in [0.4, 0.5) is 0 Å². The zero-order valence-electron chi connectivity index (χ0n) is 19.4. The second-order valence-corrected chi connectivity index (χ2v) is 10.7. The van der Waals surface area contributed by atoms with E-state index in [1.54, 1.807) is 7.11 Å². The smallest absolute Gasteiger partial charge is 0.162 e. The fraction of sp³-hybridized carbons (Fsp3) is 0.481. The molecular formula is C27H33NO3. The second kappa shape index (κ2) is 7.51. The average Bonchev–Trinajstić information content (AvgIpc) is 2.67. The van der Waals surface area contributed by atoms with Crippen molar-refractivity contribution in [2.75, 3.05) is 13.7 Å². The van der Waals surface area contributed by atoms with E-state index in [0.717, 1.165) is 46.7 Å². The Hall–Kier alpha value is -2.62. The lowest BCUT2D eigenvalue weighted by atomic mass is 9.63. The van der Waals surface area contributed by atoms with E-state index in [9.17, 15) is 9.59 Å². The molecule has 0 atom stereocenters. The first-order valence-corrected chi connectivity index (χ1v) is 11.1. The van der Waals surface area contributed by atoms with Gasteiger partial charge in [0.05, 0.1) is 7.11 Å². The highest BCUT2D eigenvalue weighted by molar-refractivity contribution is 6.06. The van der Waals surface area contributed by atoms with Gasteiger partial charge in [0.2, 0.25) is 0 Å². The number of Topliss-reactive ketones (excluding diaryl/α,β-unsaturated/α-hetero) is 2. The summed E-state index contributed by atoms with van der Waals surface area (Å²) < 4.78 is 5.34. The molecule has 1 aliphatic heterocycles. The van der Waals surface area contributed by atoms with Gasteiger partial charge in [0, 0.05) is 47.8 Å². The van der Waals surface area contributed by atoms with Crippen LogP contribution in [0.15, 0.2) is 59.5 Å². The van der Waals surface area contributed by atoms with Crippen molar-refractivity contribution in [2.24, 2.45) is 10.8 Å². The Labute approximate surface area is 185 Å². The number of benzene rings is 1. The van der Waals surface area contributed by atoms with Gasteiger partial charge in [-0.25, -0.2) is 0 Å². The number of hydrogen-bond donors (Lipinski definition) is 0. The minimum absolute atomic E-state index is 0.105. The first kappa shape index (κ1) is 21.6. The number of carbonyl (C=O) groups excluding carboxylic acids is 2. The van der Waals surface area contributed by atoms with Crippen molar-refractivity contribution in [1.82, 2.24) is 4.90 Å². The molecule has 31 heavy (non-hydrogen) atoms. The van der Waals surface area contributed by atoms with Crippen LogP contribution in [0.2, 0.25) is 0 Å². The lowest BCUT2D eigenvalue weighted by Crippen LogP contribution is -2.44. The van der Waals surface area contributed by atoms with Crippen molar-refractivity contribution in [3.05, 3.63) is 65.0 Å². The largest absolute Gasteiger partial charge is 0.497 e. The first-order valence-electron chi connectivity index (χ1n) is 11.1. The molecule has 3 aliphatic rings. The molecule has 4 rings (SSSR count). The standard InChI is InChI=1S/C27H33NO3/c1-7-12-28-19-13-26(2,3)15-21(29)24(19)23(17-8-10-18(31-6)11-9-17)25-20(28)14-27(4,5)16-22(25)30/h7-11,23H,1,12-16H2,2-6H3. The Kier molecular flexibility index (Phi) is 5.23. The Morgan fingerprint density at radius 3 is 1.84 bits per heavy atom. The van der Waals surface area contributed by atoms with Crippen LogP contribution >= 0.6 is 0 Å². The SMILES string of the molecule is C=CCN1C2=C(C(=O)CC(C)(C)C2)C(c2ccc(OC)cc2)C2=C1CC(C)(C)CC2=O. The zero-order valence-corrected chi connectivity index (χ0v) is 19.4. The van der Waals surface area contributed by atoms with Gasteiger partial charge in [-0.1, -0.05) is 45.9 Å². The summed E-state index contributed by atoms with van der Waals surface area (Å²) in [5.41, 5.74) is 4.53. The maximum atomic E-state index is 13.5. The van der Waals surface area contributed by atoms with Crippen molar-refractivity contribution < 1.29 is 14.3 Å². The van der Waals surface area contributed by atoms with Crippen molar-refractivity contribution in [3.63, 3.8) is 0 Å². The molecule has 2 aliphatic carbocycles. The van der Waals surface area contributed by atoms with Crippen LogP contribution in [0.25, 0.3) is 0 Å². The van der Waals surface area contributed by atoms with Crippen LogP contribution in [0.3, 0.4) is 0 Å². The summed E-state index contributed by atoms with van der Waals surface area (Å²) in [6, 6.07) is 7.84. The summed E-state index contributed by atoms with van der Waals surface area (Å²) in [5.74, 6) is 0.781. The van der Waals surface area contributed by atoms with E-state index in [-0.39, 0.29) is 28.3 Å². The number of methoxy groups -OCH3 is 1. The number of rotatable bonds is 4. The summed E-state index contributed by atoms with van der Waals surface area (Å²) >= 11 is 0. The molecule has 4 nitrogen and oxygen atoms in total. The van der Waals surface area contributed by atoms with Gasteiger partial charge in [-0.15, -0.1) is 6.58 Å². The quantitative estimate of drug-likeness (QED) is 0.599. The number of allylic oxidation sites excluding steroid dienone is 4. The van der Waals surface area contributed by atoms with Crippen LogP contribution in [-0.4, -0.2) is 30.1 Å². The van der Waals surface area contributed by atoms with E-state index >= 15 is 0 Å². The van der Waals surface area contributed by atoms with Crippen molar-refractivity contribution in [1.29, 1.82) is 0 Å². The molecule has 0 amide bonds. The van der Waals surface area contributed by atoms with Crippen molar-refractivity contribution in [3.8, 4) is 5.75 Å². The molecule has 0 radical (unpaired) electrons. The Bertz CT molecular complexity index is 953. The molecule has 4 heteroatoms. The Morgan fingerprint density at radius 1 is 0.935 bits per heavy atom. The van der Waals surface area contributed by atoms with Crippen LogP contribution in [0.5, 0.6) is 5.75 Å². The van der Waals surface area contributed by atoms with Gasteiger partial charge in [-0.3, -0.25) is 9.59 Å². The number of ether oxygens (including phenoxy) is 1. The van der Waals surface area contributed by atoms with Gasteiger partial charge in [-0.2, -0.15) is 0 Å². The molecule has 0 unspecified atom stereocenters. The molecule has 0 saturated heterocycles. The van der Waals surface area contributed by atoms with Crippen LogP contribution < -0.4 is 4.74 Å². The van der Waals surface area contributed by atoms with Crippen LogP contribution in [0, 0.1) is 10.8 Å².